The van der Waals surface area contributed by atoms with Gasteiger partial charge in [0.15, 0.2) is 5.82 Å². The third-order valence-corrected chi connectivity index (χ3v) is 7.98. The highest BCUT2D eigenvalue weighted by atomic mass is 35.5. The standard InChI is InChI=1S/C26H23ClFN5O5S/c1-37-19-11-17(10-18(27)12-19)20-13-24(38-2)23(14-21(20)28)33-22-7-9-32(15-16(22)5-6-26(33)34)39(35,36)31-25-4-3-8-29-30-25/h3-6,8,10-14H,7,9,15H2,1-2H3,(H,30,31). The molecular weight excluding hydrogens is 549 g/mol. The zero-order valence-electron chi connectivity index (χ0n) is 20.9. The van der Waals surface area contributed by atoms with Crippen molar-refractivity contribution in [2.24, 2.45) is 0 Å². The van der Waals surface area contributed by atoms with Gasteiger partial charge in [-0.1, -0.05) is 17.7 Å². The van der Waals surface area contributed by atoms with E-state index in [1.165, 1.54) is 53.6 Å². The lowest BCUT2D eigenvalue weighted by molar-refractivity contribution is 0.385. The van der Waals surface area contributed by atoms with Gasteiger partial charge < -0.3 is 9.47 Å². The molecule has 0 bridgehead atoms. The maximum Gasteiger partial charge on any atom is 0.303 e. The smallest absolute Gasteiger partial charge is 0.303 e. The van der Waals surface area contributed by atoms with E-state index < -0.39 is 21.6 Å². The van der Waals surface area contributed by atoms with E-state index in [2.05, 4.69) is 14.9 Å². The number of nitrogens with zero attached hydrogens (tertiary/aromatic N) is 4. The monoisotopic (exact) mass is 571 g/mol. The molecule has 4 aromatic rings. The lowest BCUT2D eigenvalue weighted by Crippen LogP contribution is -2.41. The molecule has 1 N–H and O–H groups in total. The Morgan fingerprint density at radius 1 is 1.08 bits per heavy atom. The van der Waals surface area contributed by atoms with Crippen molar-refractivity contribution in [2.45, 2.75) is 13.0 Å². The number of fused-ring (bicyclic) bond motifs is 1. The van der Waals surface area contributed by atoms with Crippen molar-refractivity contribution >= 4 is 27.6 Å². The number of hydrogen-bond acceptors (Lipinski definition) is 7. The second-order valence-electron chi connectivity index (χ2n) is 8.66. The Kier molecular flexibility index (Phi) is 7.25. The normalized spacial score (nSPS) is 13.5. The minimum Gasteiger partial charge on any atom is -0.497 e. The molecule has 0 saturated carbocycles. The van der Waals surface area contributed by atoms with Gasteiger partial charge in [-0.15, -0.1) is 5.10 Å². The molecule has 1 aliphatic rings. The third-order valence-electron chi connectivity index (χ3n) is 6.31. The summed E-state index contributed by atoms with van der Waals surface area (Å²) in [6.45, 7) is 0.0770. The third kappa shape index (κ3) is 5.31. The van der Waals surface area contributed by atoms with Gasteiger partial charge in [-0.2, -0.15) is 17.8 Å². The van der Waals surface area contributed by atoms with E-state index >= 15 is 4.39 Å². The highest BCUT2D eigenvalue weighted by Gasteiger charge is 2.30. The van der Waals surface area contributed by atoms with Crippen LogP contribution < -0.4 is 19.8 Å². The Labute approximate surface area is 228 Å². The molecule has 0 radical (unpaired) electrons. The molecule has 39 heavy (non-hydrogen) atoms. The quantitative estimate of drug-likeness (QED) is 0.358. The maximum absolute atomic E-state index is 15.5. The molecule has 202 valence electrons. The van der Waals surface area contributed by atoms with Gasteiger partial charge in [0.05, 0.1) is 19.9 Å². The molecule has 0 atom stereocenters. The molecule has 0 unspecified atom stereocenters. The minimum atomic E-state index is -3.94. The fourth-order valence-electron chi connectivity index (χ4n) is 4.50. The van der Waals surface area contributed by atoms with Crippen molar-refractivity contribution < 1.29 is 22.3 Å². The van der Waals surface area contributed by atoms with Crippen molar-refractivity contribution in [2.75, 3.05) is 25.5 Å². The predicted octanol–water partition coefficient (Wildman–Crippen LogP) is 3.82. The first-order valence-electron chi connectivity index (χ1n) is 11.7. The van der Waals surface area contributed by atoms with E-state index in [-0.39, 0.29) is 42.3 Å². The second kappa shape index (κ2) is 10.6. The molecule has 2 aromatic carbocycles. The van der Waals surface area contributed by atoms with Crippen LogP contribution in [0.3, 0.4) is 0 Å². The Balaban J connectivity index is 1.54. The number of halogens is 2. The fourth-order valence-corrected chi connectivity index (χ4v) is 5.86. The zero-order valence-corrected chi connectivity index (χ0v) is 22.5. The fraction of sp³-hybridized carbons (Fsp3) is 0.192. The van der Waals surface area contributed by atoms with Crippen molar-refractivity contribution in [1.82, 2.24) is 19.1 Å². The SMILES string of the molecule is COc1cc(Cl)cc(-c2cc(OC)c(-n3c4c(ccc3=O)CN(S(=O)(=O)Nc3cccnn3)CC4)cc2F)c1. The van der Waals surface area contributed by atoms with E-state index in [9.17, 15) is 13.2 Å². The van der Waals surface area contributed by atoms with Crippen molar-refractivity contribution in [3.8, 4) is 28.3 Å². The number of nitrogens with one attached hydrogen (secondary N) is 1. The number of anilines is 1. The maximum atomic E-state index is 15.5. The van der Waals surface area contributed by atoms with E-state index in [1.54, 1.807) is 30.3 Å². The summed E-state index contributed by atoms with van der Waals surface area (Å²) in [5.74, 6) is 0.195. The van der Waals surface area contributed by atoms with Crippen LogP contribution in [0.25, 0.3) is 16.8 Å². The summed E-state index contributed by atoms with van der Waals surface area (Å²) in [6.07, 6.45) is 1.63. The average Bonchev–Trinajstić information content (AvgIpc) is 2.92. The summed E-state index contributed by atoms with van der Waals surface area (Å²) in [5.41, 5.74) is 1.63. The van der Waals surface area contributed by atoms with Crippen LogP contribution in [0.5, 0.6) is 11.5 Å². The van der Waals surface area contributed by atoms with Gasteiger partial charge in [-0.25, -0.2) is 4.39 Å². The number of hydrogen-bond donors (Lipinski definition) is 1. The van der Waals surface area contributed by atoms with Gasteiger partial charge in [0.25, 0.3) is 5.56 Å². The zero-order chi connectivity index (χ0) is 27.7. The van der Waals surface area contributed by atoms with Crippen LogP contribution in [0.2, 0.25) is 5.02 Å². The molecule has 1 aliphatic heterocycles. The number of aromatic nitrogens is 3. The van der Waals surface area contributed by atoms with Gasteiger partial charge in [-0.05, 0) is 47.5 Å². The van der Waals surface area contributed by atoms with E-state index in [4.69, 9.17) is 21.1 Å². The Hall–Kier alpha value is -4.00. The summed E-state index contributed by atoms with van der Waals surface area (Å²) in [6, 6.07) is 13.5. The van der Waals surface area contributed by atoms with Gasteiger partial charge in [0, 0.05) is 54.1 Å². The lowest BCUT2D eigenvalue weighted by Gasteiger charge is -2.30. The summed E-state index contributed by atoms with van der Waals surface area (Å²) >= 11 is 6.18. The van der Waals surface area contributed by atoms with Crippen LogP contribution in [0.1, 0.15) is 11.3 Å². The highest BCUT2D eigenvalue weighted by molar-refractivity contribution is 7.90. The molecular formula is C26H23ClFN5O5S. The Bertz CT molecular complexity index is 1720. The Morgan fingerprint density at radius 3 is 2.62 bits per heavy atom. The number of methoxy groups -OCH3 is 2. The predicted molar refractivity (Wildman–Crippen MR) is 144 cm³/mol. The van der Waals surface area contributed by atoms with Crippen LogP contribution in [-0.2, 0) is 23.2 Å². The minimum absolute atomic E-state index is 0.00357. The molecule has 13 heteroatoms. The number of benzene rings is 2. The molecule has 0 saturated heterocycles. The largest absolute Gasteiger partial charge is 0.497 e. The van der Waals surface area contributed by atoms with Crippen LogP contribution in [0.15, 0.2) is 65.6 Å². The number of pyridine rings is 1. The molecule has 3 heterocycles. The van der Waals surface area contributed by atoms with Gasteiger partial charge in [0.1, 0.15) is 17.3 Å². The average molecular weight is 572 g/mol. The van der Waals surface area contributed by atoms with Gasteiger partial charge in [-0.3, -0.25) is 14.1 Å². The van der Waals surface area contributed by atoms with Crippen molar-refractivity contribution in [3.63, 3.8) is 0 Å². The molecule has 10 nitrogen and oxygen atoms in total. The molecule has 0 spiro atoms. The Morgan fingerprint density at radius 2 is 1.90 bits per heavy atom. The highest BCUT2D eigenvalue weighted by Crippen LogP contribution is 2.36. The summed E-state index contributed by atoms with van der Waals surface area (Å²) < 4.78 is 57.3. The summed E-state index contributed by atoms with van der Waals surface area (Å²) in [7, 11) is -1.04. The van der Waals surface area contributed by atoms with E-state index in [0.717, 1.165) is 0 Å². The topological polar surface area (TPSA) is 116 Å². The first-order chi connectivity index (χ1) is 18.7. The van der Waals surface area contributed by atoms with Crippen LogP contribution in [0.4, 0.5) is 10.2 Å². The molecule has 0 amide bonds. The second-order valence-corrected chi connectivity index (χ2v) is 10.8. The lowest BCUT2D eigenvalue weighted by atomic mass is 10.0. The molecule has 5 rings (SSSR count). The van der Waals surface area contributed by atoms with E-state index in [0.29, 0.717) is 27.6 Å². The van der Waals surface area contributed by atoms with Crippen LogP contribution >= 0.6 is 11.6 Å². The van der Waals surface area contributed by atoms with Crippen molar-refractivity contribution in [1.29, 1.82) is 0 Å². The van der Waals surface area contributed by atoms with Gasteiger partial charge in [0.2, 0.25) is 0 Å². The van der Waals surface area contributed by atoms with E-state index in [1.807, 2.05) is 0 Å². The van der Waals surface area contributed by atoms with Crippen LogP contribution in [-0.4, -0.2) is 48.3 Å². The van der Waals surface area contributed by atoms with Gasteiger partial charge >= 0.3 is 10.2 Å². The molecule has 0 aliphatic carbocycles. The first kappa shape index (κ1) is 26.6. The van der Waals surface area contributed by atoms with Crippen molar-refractivity contribution in [3.05, 3.63) is 93.2 Å². The summed E-state index contributed by atoms with van der Waals surface area (Å²) in [4.78, 5) is 13.1. The summed E-state index contributed by atoms with van der Waals surface area (Å²) in [5, 5.41) is 7.81. The number of rotatable bonds is 7. The molecule has 0 fully saturated rings. The number of ether oxygens (including phenoxy) is 2. The first-order valence-corrected chi connectivity index (χ1v) is 13.5. The molecule has 2 aromatic heterocycles. The van der Waals surface area contributed by atoms with Crippen LogP contribution in [0, 0.1) is 5.82 Å².